The number of hydrogen-bond acceptors (Lipinski definition) is 3. The fourth-order valence-corrected chi connectivity index (χ4v) is 3.72. The van der Waals surface area contributed by atoms with Crippen LogP contribution < -0.4 is 5.32 Å². The molecule has 1 amide bonds. The normalized spacial score (nSPS) is 20.4. The molecule has 4 nitrogen and oxygen atoms in total. The van der Waals surface area contributed by atoms with Gasteiger partial charge in [-0.05, 0) is 37.0 Å². The van der Waals surface area contributed by atoms with Gasteiger partial charge in [0.25, 0.3) is 0 Å². The molecule has 0 spiro atoms. The van der Waals surface area contributed by atoms with Crippen LogP contribution in [0.25, 0.3) is 0 Å². The van der Waals surface area contributed by atoms with Crippen LogP contribution in [0.2, 0.25) is 0 Å². The van der Waals surface area contributed by atoms with Gasteiger partial charge in [-0.3, -0.25) is 9.69 Å². The number of benzene rings is 2. The summed E-state index contributed by atoms with van der Waals surface area (Å²) in [5, 5.41) is 3.08. The van der Waals surface area contributed by atoms with Crippen molar-refractivity contribution in [1.82, 2.24) is 10.2 Å². The van der Waals surface area contributed by atoms with Crippen molar-refractivity contribution in [2.24, 2.45) is 0 Å². The molecule has 2 aromatic rings. The number of hydrogen-bond donors (Lipinski definition) is 1. The highest BCUT2D eigenvalue weighted by atomic mass is 16.5. The number of nitrogens with zero attached hydrogens (tertiary/aromatic N) is 1. The van der Waals surface area contributed by atoms with Crippen molar-refractivity contribution >= 4 is 5.91 Å². The van der Waals surface area contributed by atoms with E-state index in [0.29, 0.717) is 13.0 Å². The monoisotopic (exact) mass is 366 g/mol. The lowest BCUT2D eigenvalue weighted by Gasteiger charge is -2.35. The second-order valence-corrected chi connectivity index (χ2v) is 7.48. The van der Waals surface area contributed by atoms with Gasteiger partial charge in [-0.25, -0.2) is 0 Å². The first-order valence-electron chi connectivity index (χ1n) is 9.85. The number of rotatable bonds is 7. The zero-order valence-electron chi connectivity index (χ0n) is 16.4. The Labute approximate surface area is 162 Å². The van der Waals surface area contributed by atoms with Crippen molar-refractivity contribution in [2.45, 2.75) is 52.0 Å². The lowest BCUT2D eigenvalue weighted by atomic mass is 10.1. The average molecular weight is 367 g/mol. The van der Waals surface area contributed by atoms with E-state index in [0.717, 1.165) is 26.1 Å². The van der Waals surface area contributed by atoms with E-state index in [1.54, 1.807) is 0 Å². The summed E-state index contributed by atoms with van der Waals surface area (Å²) < 4.78 is 5.83. The van der Waals surface area contributed by atoms with Crippen LogP contribution in [-0.2, 0) is 29.0 Å². The lowest BCUT2D eigenvalue weighted by Crippen LogP contribution is -2.45. The maximum absolute atomic E-state index is 12.2. The van der Waals surface area contributed by atoms with Gasteiger partial charge < -0.3 is 10.1 Å². The molecule has 2 aromatic carbocycles. The summed E-state index contributed by atoms with van der Waals surface area (Å²) in [7, 11) is 0. The van der Waals surface area contributed by atoms with Crippen molar-refractivity contribution in [3.63, 3.8) is 0 Å². The third kappa shape index (κ3) is 6.19. The number of nitrogens with one attached hydrogen (secondary N) is 1. The molecule has 0 aliphatic carbocycles. The second-order valence-electron chi connectivity index (χ2n) is 7.48. The molecule has 0 aromatic heterocycles. The van der Waals surface area contributed by atoms with E-state index in [9.17, 15) is 4.79 Å². The third-order valence-corrected chi connectivity index (χ3v) is 4.97. The predicted octanol–water partition coefficient (Wildman–Crippen LogP) is 3.54. The van der Waals surface area contributed by atoms with E-state index in [2.05, 4.69) is 54.4 Å². The lowest BCUT2D eigenvalue weighted by molar-refractivity contribution is -0.121. The van der Waals surface area contributed by atoms with Gasteiger partial charge in [-0.15, -0.1) is 0 Å². The van der Waals surface area contributed by atoms with E-state index in [1.807, 2.05) is 24.3 Å². The first-order chi connectivity index (χ1) is 13.1. The van der Waals surface area contributed by atoms with Gasteiger partial charge in [0.2, 0.25) is 5.91 Å². The Balaban J connectivity index is 1.52. The topological polar surface area (TPSA) is 41.6 Å². The smallest absolute Gasteiger partial charge is 0.220 e. The fourth-order valence-electron chi connectivity index (χ4n) is 3.72. The van der Waals surface area contributed by atoms with E-state index >= 15 is 0 Å². The molecule has 2 atom stereocenters. The van der Waals surface area contributed by atoms with Crippen molar-refractivity contribution in [3.05, 3.63) is 71.3 Å². The third-order valence-electron chi connectivity index (χ3n) is 4.97. The summed E-state index contributed by atoms with van der Waals surface area (Å²) in [6.07, 6.45) is 1.82. The molecule has 1 aliphatic heterocycles. The van der Waals surface area contributed by atoms with Gasteiger partial charge in [-0.1, -0.05) is 54.6 Å². The SMILES string of the molecule is C[C@H]1CN(Cc2ccccc2CNC(=O)CCc2ccccc2)C[C@H](C)O1. The van der Waals surface area contributed by atoms with Crippen LogP contribution in [0.1, 0.15) is 37.0 Å². The minimum atomic E-state index is 0.0993. The van der Waals surface area contributed by atoms with Gasteiger partial charge >= 0.3 is 0 Å². The first kappa shape index (κ1) is 19.6. The molecular weight excluding hydrogens is 336 g/mol. The van der Waals surface area contributed by atoms with E-state index in [-0.39, 0.29) is 18.1 Å². The minimum absolute atomic E-state index is 0.0993. The maximum Gasteiger partial charge on any atom is 0.220 e. The van der Waals surface area contributed by atoms with Crippen molar-refractivity contribution in [1.29, 1.82) is 0 Å². The Bertz CT molecular complexity index is 722. The van der Waals surface area contributed by atoms with Crippen LogP contribution in [0.3, 0.4) is 0 Å². The number of ether oxygens (including phenoxy) is 1. The molecular formula is C23H30N2O2. The molecule has 0 unspecified atom stereocenters. The number of carbonyl (C=O) groups excluding carboxylic acids is 1. The Kier molecular flexibility index (Phi) is 7.02. The quantitative estimate of drug-likeness (QED) is 0.815. The van der Waals surface area contributed by atoms with Crippen molar-refractivity contribution < 1.29 is 9.53 Å². The summed E-state index contributed by atoms with van der Waals surface area (Å²) in [6.45, 7) is 7.63. The minimum Gasteiger partial charge on any atom is -0.373 e. The van der Waals surface area contributed by atoms with Crippen LogP contribution in [-0.4, -0.2) is 36.1 Å². The zero-order chi connectivity index (χ0) is 19.1. The Morgan fingerprint density at radius 1 is 1.00 bits per heavy atom. The standard InChI is InChI=1S/C23H30N2O2/c1-18-15-25(16-19(2)27-18)17-22-11-7-6-10-21(22)14-24-23(26)13-12-20-8-4-3-5-9-20/h3-11,18-19H,12-17H2,1-2H3,(H,24,26)/t18-,19-/m0/s1. The second kappa shape index (κ2) is 9.67. The van der Waals surface area contributed by atoms with Gasteiger partial charge in [0, 0.05) is 32.6 Å². The number of amides is 1. The Hall–Kier alpha value is -2.17. The summed E-state index contributed by atoms with van der Waals surface area (Å²) in [5.41, 5.74) is 3.67. The molecule has 0 bridgehead atoms. The summed E-state index contributed by atoms with van der Waals surface area (Å²) in [6, 6.07) is 18.5. The molecule has 1 heterocycles. The number of aryl methyl sites for hydroxylation is 1. The van der Waals surface area contributed by atoms with Crippen molar-refractivity contribution in [3.8, 4) is 0 Å². The van der Waals surface area contributed by atoms with Crippen LogP contribution in [0.15, 0.2) is 54.6 Å². The van der Waals surface area contributed by atoms with E-state index in [1.165, 1.54) is 16.7 Å². The number of carbonyl (C=O) groups is 1. The summed E-state index contributed by atoms with van der Waals surface area (Å²) >= 11 is 0. The maximum atomic E-state index is 12.2. The highest BCUT2D eigenvalue weighted by Crippen LogP contribution is 2.17. The number of morpholine rings is 1. The zero-order valence-corrected chi connectivity index (χ0v) is 16.4. The van der Waals surface area contributed by atoms with Gasteiger partial charge in [0.05, 0.1) is 12.2 Å². The Morgan fingerprint density at radius 2 is 1.63 bits per heavy atom. The molecule has 1 fully saturated rings. The summed E-state index contributed by atoms with van der Waals surface area (Å²) in [5.74, 6) is 0.0993. The molecule has 4 heteroatoms. The molecule has 0 radical (unpaired) electrons. The van der Waals surface area contributed by atoms with Crippen molar-refractivity contribution in [2.75, 3.05) is 13.1 Å². The largest absolute Gasteiger partial charge is 0.373 e. The van der Waals surface area contributed by atoms with E-state index < -0.39 is 0 Å². The molecule has 27 heavy (non-hydrogen) atoms. The molecule has 3 rings (SSSR count). The van der Waals surface area contributed by atoms with Gasteiger partial charge in [0.15, 0.2) is 0 Å². The first-order valence-corrected chi connectivity index (χ1v) is 9.85. The Morgan fingerprint density at radius 3 is 2.33 bits per heavy atom. The van der Waals surface area contributed by atoms with E-state index in [4.69, 9.17) is 4.74 Å². The predicted molar refractivity (Wildman–Crippen MR) is 108 cm³/mol. The molecule has 1 saturated heterocycles. The van der Waals surface area contributed by atoms with Crippen LogP contribution in [0.4, 0.5) is 0 Å². The van der Waals surface area contributed by atoms with Crippen LogP contribution in [0, 0.1) is 0 Å². The van der Waals surface area contributed by atoms with Crippen LogP contribution >= 0.6 is 0 Å². The van der Waals surface area contributed by atoms with Gasteiger partial charge in [-0.2, -0.15) is 0 Å². The molecule has 144 valence electrons. The highest BCUT2D eigenvalue weighted by molar-refractivity contribution is 5.76. The van der Waals surface area contributed by atoms with Crippen LogP contribution in [0.5, 0.6) is 0 Å². The molecule has 1 N–H and O–H groups in total. The molecule has 0 saturated carbocycles. The summed E-state index contributed by atoms with van der Waals surface area (Å²) in [4.78, 5) is 14.7. The van der Waals surface area contributed by atoms with Gasteiger partial charge in [0.1, 0.15) is 0 Å². The fraction of sp³-hybridized carbons (Fsp3) is 0.435. The molecule has 1 aliphatic rings. The highest BCUT2D eigenvalue weighted by Gasteiger charge is 2.22. The average Bonchev–Trinajstić information content (AvgIpc) is 2.66.